The van der Waals surface area contributed by atoms with E-state index in [2.05, 4.69) is 16.0 Å². The van der Waals surface area contributed by atoms with E-state index in [0.717, 1.165) is 0 Å². The number of nitrogens with one attached hydrogen (secondary N) is 3. The minimum Gasteiger partial charge on any atom is -0.508 e. The molecule has 0 aliphatic rings. The second-order valence-corrected chi connectivity index (χ2v) is 9.47. The average Bonchev–Trinajstić information content (AvgIpc) is 2.91. The molecule has 0 spiro atoms. The number of carbonyl (C=O) groups is 6. The highest BCUT2D eigenvalue weighted by Gasteiger charge is 2.32. The van der Waals surface area contributed by atoms with E-state index in [0.29, 0.717) is 11.1 Å². The maximum Gasteiger partial charge on any atom is 0.326 e. The largest absolute Gasteiger partial charge is 0.508 e. The number of phenols is 2. The van der Waals surface area contributed by atoms with Crippen molar-refractivity contribution in [1.82, 2.24) is 16.0 Å². The van der Waals surface area contributed by atoms with Crippen molar-refractivity contribution in [3.63, 3.8) is 0 Å². The number of phenolic OH excluding ortho intramolecular Hbond substituents is 2. The summed E-state index contributed by atoms with van der Waals surface area (Å²) in [6.45, 7) is 0. The normalized spacial score (nSPS) is 13.5. The number of carbonyl (C=O) groups excluding carboxylic acids is 4. The molecule has 0 fully saturated rings. The standard InChI is InChI=1S/C27H33N5O10/c28-18(11-14-1-5-16(33)6-2-14)24(38)31-21(13-23(36)37)26(40)32-20(12-15-3-7-17(34)8-4-15)25(39)30-19(27(41)42)9-10-22(29)35/h1-8,18-21,33-34H,9-13,28H2,(H2,29,35)(H,30,39)(H,31,38)(H,32,40)(H,36,37)(H,41,42). The topological polar surface area (TPSA) is 271 Å². The Balaban J connectivity index is 2.23. The zero-order chi connectivity index (χ0) is 31.4. The second-order valence-electron chi connectivity index (χ2n) is 9.47. The molecule has 15 heteroatoms. The fourth-order valence-electron chi connectivity index (χ4n) is 3.81. The van der Waals surface area contributed by atoms with Crippen LogP contribution in [-0.2, 0) is 41.6 Å². The van der Waals surface area contributed by atoms with Gasteiger partial charge in [0.25, 0.3) is 0 Å². The van der Waals surface area contributed by atoms with E-state index in [-0.39, 0.29) is 37.2 Å². The summed E-state index contributed by atoms with van der Waals surface area (Å²) < 4.78 is 0. The quantitative estimate of drug-likeness (QED) is 0.109. The molecule has 0 aromatic heterocycles. The molecule has 4 unspecified atom stereocenters. The Morgan fingerprint density at radius 3 is 1.60 bits per heavy atom. The third-order valence-corrected chi connectivity index (χ3v) is 6.04. The van der Waals surface area contributed by atoms with Crippen molar-refractivity contribution in [2.45, 2.75) is 56.3 Å². The molecular weight excluding hydrogens is 554 g/mol. The molecule has 0 saturated carbocycles. The molecule has 11 N–H and O–H groups in total. The van der Waals surface area contributed by atoms with Gasteiger partial charge in [0.15, 0.2) is 0 Å². The summed E-state index contributed by atoms with van der Waals surface area (Å²) in [4.78, 5) is 73.3. The summed E-state index contributed by atoms with van der Waals surface area (Å²) >= 11 is 0. The van der Waals surface area contributed by atoms with E-state index in [1.807, 2.05) is 0 Å². The van der Waals surface area contributed by atoms with Crippen LogP contribution in [0, 0.1) is 0 Å². The summed E-state index contributed by atoms with van der Waals surface area (Å²) in [5, 5.41) is 44.6. The van der Waals surface area contributed by atoms with Crippen molar-refractivity contribution in [2.75, 3.05) is 0 Å². The Kier molecular flexibility index (Phi) is 12.2. The van der Waals surface area contributed by atoms with Gasteiger partial charge in [-0.25, -0.2) is 4.79 Å². The molecule has 0 heterocycles. The van der Waals surface area contributed by atoms with Crippen LogP contribution in [-0.4, -0.2) is 80.2 Å². The first-order chi connectivity index (χ1) is 19.7. The zero-order valence-corrected chi connectivity index (χ0v) is 22.4. The van der Waals surface area contributed by atoms with Crippen molar-refractivity contribution < 1.29 is 49.2 Å². The van der Waals surface area contributed by atoms with Gasteiger partial charge in [0, 0.05) is 12.8 Å². The lowest BCUT2D eigenvalue weighted by Crippen LogP contribution is -2.58. The van der Waals surface area contributed by atoms with Gasteiger partial charge in [-0.3, -0.25) is 24.0 Å². The number of rotatable bonds is 16. The van der Waals surface area contributed by atoms with E-state index in [1.54, 1.807) is 0 Å². The maximum absolute atomic E-state index is 13.2. The summed E-state index contributed by atoms with van der Waals surface area (Å²) in [5.74, 6) is -6.67. The Morgan fingerprint density at radius 1 is 0.667 bits per heavy atom. The first kappa shape index (κ1) is 33.0. The number of hydrogen-bond acceptors (Lipinski definition) is 9. The molecule has 4 atom stereocenters. The summed E-state index contributed by atoms with van der Waals surface area (Å²) in [5.41, 5.74) is 12.0. The van der Waals surface area contributed by atoms with Gasteiger partial charge >= 0.3 is 11.9 Å². The Bertz CT molecular complexity index is 1280. The number of carboxylic acids is 2. The monoisotopic (exact) mass is 587 g/mol. The molecule has 0 bridgehead atoms. The van der Waals surface area contributed by atoms with E-state index in [9.17, 15) is 49.2 Å². The third-order valence-electron chi connectivity index (χ3n) is 6.04. The lowest BCUT2D eigenvalue weighted by atomic mass is 10.0. The van der Waals surface area contributed by atoms with E-state index in [1.165, 1.54) is 48.5 Å². The molecule has 226 valence electrons. The van der Waals surface area contributed by atoms with Gasteiger partial charge < -0.3 is 47.8 Å². The van der Waals surface area contributed by atoms with Crippen molar-refractivity contribution in [1.29, 1.82) is 0 Å². The lowest BCUT2D eigenvalue weighted by Gasteiger charge is -2.25. The molecule has 4 amide bonds. The van der Waals surface area contributed by atoms with Crippen molar-refractivity contribution in [2.24, 2.45) is 11.5 Å². The van der Waals surface area contributed by atoms with E-state index >= 15 is 0 Å². The smallest absolute Gasteiger partial charge is 0.326 e. The van der Waals surface area contributed by atoms with Crippen molar-refractivity contribution in [3.8, 4) is 11.5 Å². The van der Waals surface area contributed by atoms with Crippen molar-refractivity contribution >= 4 is 35.6 Å². The molecule has 42 heavy (non-hydrogen) atoms. The number of primary amides is 1. The average molecular weight is 588 g/mol. The summed E-state index contributed by atoms with van der Waals surface area (Å²) in [6.07, 6.45) is -1.75. The van der Waals surface area contributed by atoms with Crippen LogP contribution in [0.1, 0.15) is 30.4 Å². The first-order valence-electron chi connectivity index (χ1n) is 12.7. The number of aromatic hydroxyl groups is 2. The minimum atomic E-state index is -1.67. The summed E-state index contributed by atoms with van der Waals surface area (Å²) in [6, 6.07) is 5.53. The second kappa shape index (κ2) is 15.6. The minimum absolute atomic E-state index is 0.00128. The highest BCUT2D eigenvalue weighted by atomic mass is 16.4. The molecule has 2 aromatic carbocycles. The van der Waals surface area contributed by atoms with Gasteiger partial charge in [-0.1, -0.05) is 24.3 Å². The summed E-state index contributed by atoms with van der Waals surface area (Å²) in [7, 11) is 0. The highest BCUT2D eigenvalue weighted by molar-refractivity contribution is 5.95. The van der Waals surface area contributed by atoms with Crippen LogP contribution in [0.4, 0.5) is 0 Å². The molecule has 0 saturated heterocycles. The van der Waals surface area contributed by atoms with Crippen LogP contribution in [0.2, 0.25) is 0 Å². The predicted octanol–water partition coefficient (Wildman–Crippen LogP) is -1.51. The number of aliphatic carboxylic acids is 2. The van der Waals surface area contributed by atoms with E-state index < -0.39 is 66.2 Å². The molecule has 0 aliphatic carbocycles. The Morgan fingerprint density at radius 2 is 1.12 bits per heavy atom. The van der Waals surface area contributed by atoms with Crippen LogP contribution in [0.5, 0.6) is 11.5 Å². The lowest BCUT2D eigenvalue weighted by molar-refractivity contribution is -0.143. The fourth-order valence-corrected chi connectivity index (χ4v) is 3.81. The Hall–Kier alpha value is -5.18. The molecular formula is C27H33N5O10. The fraction of sp³-hybridized carbons (Fsp3) is 0.333. The van der Waals surface area contributed by atoms with Gasteiger partial charge in [0.05, 0.1) is 12.5 Å². The SMILES string of the molecule is NC(=O)CCC(NC(=O)C(Cc1ccc(O)cc1)NC(=O)C(CC(=O)O)NC(=O)C(N)Cc1ccc(O)cc1)C(=O)O. The number of benzene rings is 2. The number of carboxylic acid groups (broad SMARTS) is 2. The third kappa shape index (κ3) is 11.1. The molecule has 0 radical (unpaired) electrons. The molecule has 2 rings (SSSR count). The van der Waals surface area contributed by atoms with Gasteiger partial charge in [-0.15, -0.1) is 0 Å². The van der Waals surface area contributed by atoms with Crippen LogP contribution >= 0.6 is 0 Å². The van der Waals surface area contributed by atoms with Crippen LogP contribution < -0.4 is 27.4 Å². The number of amides is 4. The van der Waals surface area contributed by atoms with Gasteiger partial charge in [0.1, 0.15) is 29.6 Å². The van der Waals surface area contributed by atoms with Gasteiger partial charge in [-0.2, -0.15) is 0 Å². The highest BCUT2D eigenvalue weighted by Crippen LogP contribution is 2.13. The number of hydrogen-bond donors (Lipinski definition) is 9. The number of nitrogens with two attached hydrogens (primary N) is 2. The molecule has 15 nitrogen and oxygen atoms in total. The van der Waals surface area contributed by atoms with Crippen LogP contribution in [0.25, 0.3) is 0 Å². The first-order valence-corrected chi connectivity index (χ1v) is 12.7. The van der Waals surface area contributed by atoms with Crippen LogP contribution in [0.15, 0.2) is 48.5 Å². The Labute approximate surface area is 239 Å². The van der Waals surface area contributed by atoms with Crippen LogP contribution in [0.3, 0.4) is 0 Å². The van der Waals surface area contributed by atoms with Crippen molar-refractivity contribution in [3.05, 3.63) is 59.7 Å². The maximum atomic E-state index is 13.2. The van der Waals surface area contributed by atoms with Gasteiger partial charge in [-0.05, 0) is 48.2 Å². The van der Waals surface area contributed by atoms with E-state index in [4.69, 9.17) is 11.5 Å². The van der Waals surface area contributed by atoms with Gasteiger partial charge in [0.2, 0.25) is 23.6 Å². The predicted molar refractivity (Wildman–Crippen MR) is 146 cm³/mol. The molecule has 0 aliphatic heterocycles. The molecule has 2 aromatic rings. The zero-order valence-electron chi connectivity index (χ0n) is 22.4.